The van der Waals surface area contributed by atoms with Crippen molar-refractivity contribution in [3.8, 4) is 0 Å². The maximum absolute atomic E-state index is 6.29. The fourth-order valence-corrected chi connectivity index (χ4v) is 3.70. The predicted octanol–water partition coefficient (Wildman–Crippen LogP) is 1.60. The fraction of sp³-hybridized carbons (Fsp3) is 1.00. The average Bonchev–Trinajstić information content (AvgIpc) is 2.60. The summed E-state index contributed by atoms with van der Waals surface area (Å²) in [6.07, 6.45) is 8.34. The summed E-state index contributed by atoms with van der Waals surface area (Å²) in [5.41, 5.74) is 6.50. The van der Waals surface area contributed by atoms with Crippen LogP contribution in [0.2, 0.25) is 0 Å². The van der Waals surface area contributed by atoms with Gasteiger partial charge in [-0.1, -0.05) is 6.42 Å². The van der Waals surface area contributed by atoms with Gasteiger partial charge in [-0.25, -0.2) is 0 Å². The second kappa shape index (κ2) is 3.21. The molecule has 2 saturated carbocycles. The highest BCUT2D eigenvalue weighted by Crippen LogP contribution is 2.39. The number of fused-ring (bicyclic) bond motifs is 1. The molecule has 1 heterocycles. The van der Waals surface area contributed by atoms with Crippen LogP contribution in [-0.2, 0) is 0 Å². The summed E-state index contributed by atoms with van der Waals surface area (Å²) in [5.74, 6) is 2.05. The minimum atomic E-state index is 0.207. The maximum Gasteiger partial charge on any atom is 0.0283 e. The molecule has 0 aromatic carbocycles. The molecule has 0 spiro atoms. The first kappa shape index (κ1) is 9.17. The van der Waals surface area contributed by atoms with E-state index in [-0.39, 0.29) is 5.54 Å². The molecule has 3 rings (SSSR count). The van der Waals surface area contributed by atoms with Gasteiger partial charge >= 0.3 is 0 Å². The number of likely N-dealkylation sites (tertiary alicyclic amines) is 1. The standard InChI is InChI=1S/C12H22N2/c13-12(5-2-6-12)9-14-7-10-3-1-4-11(10)8-14/h10-11H,1-9,13H2. The van der Waals surface area contributed by atoms with Crippen molar-refractivity contribution in [1.29, 1.82) is 0 Å². The van der Waals surface area contributed by atoms with Crippen LogP contribution in [0, 0.1) is 11.8 Å². The summed E-state index contributed by atoms with van der Waals surface area (Å²) in [6.45, 7) is 3.88. The van der Waals surface area contributed by atoms with E-state index >= 15 is 0 Å². The maximum atomic E-state index is 6.29. The summed E-state index contributed by atoms with van der Waals surface area (Å²) in [6, 6.07) is 0. The van der Waals surface area contributed by atoms with Gasteiger partial charge in [-0.15, -0.1) is 0 Å². The second-order valence-electron chi connectivity index (χ2n) is 5.86. The molecule has 3 fully saturated rings. The molecule has 0 amide bonds. The first-order chi connectivity index (χ1) is 6.75. The van der Waals surface area contributed by atoms with Crippen LogP contribution >= 0.6 is 0 Å². The Labute approximate surface area is 86.8 Å². The Morgan fingerprint density at radius 3 is 2.21 bits per heavy atom. The minimum absolute atomic E-state index is 0.207. The molecule has 0 aromatic rings. The van der Waals surface area contributed by atoms with E-state index in [0.29, 0.717) is 0 Å². The van der Waals surface area contributed by atoms with E-state index in [9.17, 15) is 0 Å². The minimum Gasteiger partial charge on any atom is -0.324 e. The van der Waals surface area contributed by atoms with Crippen molar-refractivity contribution < 1.29 is 0 Å². The average molecular weight is 194 g/mol. The highest BCUT2D eigenvalue weighted by Gasteiger charge is 2.40. The Hall–Kier alpha value is -0.0800. The van der Waals surface area contributed by atoms with Crippen molar-refractivity contribution in [1.82, 2.24) is 4.90 Å². The van der Waals surface area contributed by atoms with Crippen LogP contribution in [0.4, 0.5) is 0 Å². The molecule has 0 bridgehead atoms. The molecule has 3 aliphatic rings. The number of hydrogen-bond acceptors (Lipinski definition) is 2. The Morgan fingerprint density at radius 2 is 1.71 bits per heavy atom. The number of nitrogens with two attached hydrogens (primary N) is 1. The van der Waals surface area contributed by atoms with Crippen molar-refractivity contribution in [3.63, 3.8) is 0 Å². The molecule has 1 saturated heterocycles. The van der Waals surface area contributed by atoms with Gasteiger partial charge in [-0.3, -0.25) is 0 Å². The first-order valence-electron chi connectivity index (χ1n) is 6.26. The van der Waals surface area contributed by atoms with Gasteiger partial charge in [0.2, 0.25) is 0 Å². The highest BCUT2D eigenvalue weighted by atomic mass is 15.2. The van der Waals surface area contributed by atoms with Crippen LogP contribution in [0.5, 0.6) is 0 Å². The second-order valence-corrected chi connectivity index (χ2v) is 5.86. The first-order valence-corrected chi connectivity index (χ1v) is 6.26. The van der Waals surface area contributed by atoms with Gasteiger partial charge < -0.3 is 10.6 Å². The van der Waals surface area contributed by atoms with E-state index in [4.69, 9.17) is 5.73 Å². The third-order valence-corrected chi connectivity index (χ3v) is 4.69. The van der Waals surface area contributed by atoms with Gasteiger partial charge in [0.05, 0.1) is 0 Å². The molecule has 2 aliphatic carbocycles. The lowest BCUT2D eigenvalue weighted by atomic mass is 9.77. The van der Waals surface area contributed by atoms with Crippen LogP contribution in [0.3, 0.4) is 0 Å². The van der Waals surface area contributed by atoms with Crippen LogP contribution in [0.25, 0.3) is 0 Å². The molecular weight excluding hydrogens is 172 g/mol. The van der Waals surface area contributed by atoms with E-state index < -0.39 is 0 Å². The van der Waals surface area contributed by atoms with Crippen LogP contribution in [-0.4, -0.2) is 30.1 Å². The zero-order valence-electron chi connectivity index (χ0n) is 9.04. The van der Waals surface area contributed by atoms with E-state index in [2.05, 4.69) is 4.90 Å². The van der Waals surface area contributed by atoms with Crippen molar-refractivity contribution in [2.45, 2.75) is 44.1 Å². The Balaban J connectivity index is 1.55. The molecule has 2 atom stereocenters. The molecule has 14 heavy (non-hydrogen) atoms. The van der Waals surface area contributed by atoms with Gasteiger partial charge in [-0.2, -0.15) is 0 Å². The molecular formula is C12H22N2. The SMILES string of the molecule is NC1(CN2CC3CCCC3C2)CCC1. The molecule has 2 unspecified atom stereocenters. The third kappa shape index (κ3) is 1.49. The monoisotopic (exact) mass is 194 g/mol. The van der Waals surface area contributed by atoms with Gasteiger partial charge in [-0.05, 0) is 43.9 Å². The van der Waals surface area contributed by atoms with Crippen molar-refractivity contribution in [3.05, 3.63) is 0 Å². The molecule has 1 aliphatic heterocycles. The molecule has 2 N–H and O–H groups in total. The van der Waals surface area contributed by atoms with E-state index in [1.807, 2.05) is 0 Å². The van der Waals surface area contributed by atoms with Crippen molar-refractivity contribution >= 4 is 0 Å². The molecule has 0 radical (unpaired) electrons. The molecule has 0 aromatic heterocycles. The lowest BCUT2D eigenvalue weighted by Crippen LogP contribution is -2.54. The summed E-state index contributed by atoms with van der Waals surface area (Å²) >= 11 is 0. The van der Waals surface area contributed by atoms with Crippen LogP contribution < -0.4 is 5.73 Å². The largest absolute Gasteiger partial charge is 0.324 e. The number of hydrogen-bond donors (Lipinski definition) is 1. The van der Waals surface area contributed by atoms with Gasteiger partial charge in [0.15, 0.2) is 0 Å². The molecule has 2 heteroatoms. The summed E-state index contributed by atoms with van der Waals surface area (Å²) in [7, 11) is 0. The zero-order chi connectivity index (χ0) is 9.60. The third-order valence-electron chi connectivity index (χ3n) is 4.69. The Kier molecular flexibility index (Phi) is 2.10. The van der Waals surface area contributed by atoms with Crippen LogP contribution in [0.15, 0.2) is 0 Å². The van der Waals surface area contributed by atoms with E-state index in [1.54, 1.807) is 0 Å². The van der Waals surface area contributed by atoms with Gasteiger partial charge in [0.1, 0.15) is 0 Å². The van der Waals surface area contributed by atoms with Crippen molar-refractivity contribution in [2.75, 3.05) is 19.6 Å². The molecule has 80 valence electrons. The van der Waals surface area contributed by atoms with E-state index in [1.165, 1.54) is 58.2 Å². The topological polar surface area (TPSA) is 29.3 Å². The lowest BCUT2D eigenvalue weighted by molar-refractivity contribution is 0.158. The summed E-state index contributed by atoms with van der Waals surface area (Å²) in [5, 5.41) is 0. The zero-order valence-corrected chi connectivity index (χ0v) is 9.04. The number of rotatable bonds is 2. The quantitative estimate of drug-likeness (QED) is 0.723. The van der Waals surface area contributed by atoms with E-state index in [0.717, 1.165) is 11.8 Å². The highest BCUT2D eigenvalue weighted by molar-refractivity contribution is 4.98. The smallest absolute Gasteiger partial charge is 0.0283 e. The molecule has 2 nitrogen and oxygen atoms in total. The normalized spacial score (nSPS) is 40.9. The Bertz CT molecular complexity index is 210. The van der Waals surface area contributed by atoms with Gasteiger partial charge in [0, 0.05) is 25.2 Å². The summed E-state index contributed by atoms with van der Waals surface area (Å²) < 4.78 is 0. The lowest BCUT2D eigenvalue weighted by Gasteiger charge is -2.41. The predicted molar refractivity (Wildman–Crippen MR) is 58.0 cm³/mol. The van der Waals surface area contributed by atoms with Crippen molar-refractivity contribution in [2.24, 2.45) is 17.6 Å². The van der Waals surface area contributed by atoms with Crippen LogP contribution in [0.1, 0.15) is 38.5 Å². The number of nitrogens with zero attached hydrogens (tertiary/aromatic N) is 1. The summed E-state index contributed by atoms with van der Waals surface area (Å²) in [4.78, 5) is 2.65. The fourth-order valence-electron chi connectivity index (χ4n) is 3.70. The van der Waals surface area contributed by atoms with Gasteiger partial charge in [0.25, 0.3) is 0 Å². The Morgan fingerprint density at radius 1 is 1.07 bits per heavy atom.